The molecule has 1 aromatic rings. The number of aryl methyl sites for hydroxylation is 1. The number of rotatable bonds is 8. The number of ether oxygens (including phenoxy) is 1. The van der Waals surface area contributed by atoms with Crippen LogP contribution in [0.1, 0.15) is 28.8 Å². The fourth-order valence-electron chi connectivity index (χ4n) is 3.22. The van der Waals surface area contributed by atoms with Gasteiger partial charge in [-0.2, -0.15) is 0 Å². The summed E-state index contributed by atoms with van der Waals surface area (Å²) in [5.41, 5.74) is 5.49. The normalized spacial score (nSPS) is 15.5. The molecule has 2 heterocycles. The van der Waals surface area contributed by atoms with Crippen LogP contribution in [-0.4, -0.2) is 71.6 Å². The molecule has 1 saturated heterocycles. The van der Waals surface area contributed by atoms with Crippen LogP contribution in [0.2, 0.25) is 6.32 Å². The Morgan fingerprint density at radius 3 is 2.67 bits per heavy atom. The molecule has 11 nitrogen and oxygen atoms in total. The topological polar surface area (TPSA) is 168 Å². The van der Waals surface area contributed by atoms with Crippen LogP contribution in [0, 0.1) is 0 Å². The molecule has 3 rings (SSSR count). The van der Waals surface area contributed by atoms with E-state index in [2.05, 4.69) is 5.32 Å². The third kappa shape index (κ3) is 5.01. The van der Waals surface area contributed by atoms with Crippen LogP contribution >= 0.6 is 0 Å². The molecule has 160 valence electrons. The Morgan fingerprint density at radius 2 is 2.00 bits per heavy atom. The molecular weight excluding hydrogens is 397 g/mol. The van der Waals surface area contributed by atoms with Gasteiger partial charge < -0.3 is 35.5 Å². The van der Waals surface area contributed by atoms with Crippen LogP contribution < -0.4 is 20.4 Å². The maximum Gasteiger partial charge on any atom is 0.522 e. The van der Waals surface area contributed by atoms with E-state index in [4.69, 9.17) is 15.1 Å². The summed E-state index contributed by atoms with van der Waals surface area (Å²) in [6.07, 6.45) is 0.289. The van der Waals surface area contributed by atoms with Gasteiger partial charge in [0.2, 0.25) is 17.7 Å². The van der Waals surface area contributed by atoms with E-state index in [1.54, 1.807) is 12.1 Å². The van der Waals surface area contributed by atoms with Gasteiger partial charge in [-0.25, -0.2) is 4.79 Å². The molecule has 0 aromatic heterocycles. The fourth-order valence-corrected chi connectivity index (χ4v) is 3.22. The molecule has 0 unspecified atom stereocenters. The number of nitrogens with one attached hydrogen (secondary N) is 1. The minimum atomic E-state index is -1.23. The number of hydrogen-bond donors (Lipinski definition) is 4. The molecule has 0 spiro atoms. The summed E-state index contributed by atoms with van der Waals surface area (Å²) in [6.45, 7) is 0.250. The van der Waals surface area contributed by atoms with Crippen LogP contribution in [0.3, 0.4) is 0 Å². The highest BCUT2D eigenvalue weighted by atomic mass is 16.5. The average molecular weight is 419 g/mol. The fraction of sp³-hybridized carbons (Fsp3) is 0.444. The maximum atomic E-state index is 12.1. The number of hydrogen-bond acceptors (Lipinski definition) is 7. The third-order valence-corrected chi connectivity index (χ3v) is 4.86. The Labute approximate surface area is 172 Å². The molecular formula is C18H22BN3O8. The number of primary amides is 1. The van der Waals surface area contributed by atoms with Crippen molar-refractivity contribution < 1.29 is 38.7 Å². The van der Waals surface area contributed by atoms with Gasteiger partial charge in [-0.15, -0.1) is 0 Å². The smallest absolute Gasteiger partial charge is 0.522 e. The summed E-state index contributed by atoms with van der Waals surface area (Å²) in [5.74, 6) is -2.39. The lowest BCUT2D eigenvalue weighted by atomic mass is 9.78. The number of nitrogens with two attached hydrogens (primary N) is 1. The van der Waals surface area contributed by atoms with Crippen molar-refractivity contribution in [2.24, 2.45) is 5.73 Å². The molecule has 1 fully saturated rings. The van der Waals surface area contributed by atoms with Crippen molar-refractivity contribution in [3.63, 3.8) is 0 Å². The average Bonchev–Trinajstić information content (AvgIpc) is 2.66. The Morgan fingerprint density at radius 1 is 1.27 bits per heavy atom. The molecule has 1 aromatic carbocycles. The predicted octanol–water partition coefficient (Wildman–Crippen LogP) is -1.23. The van der Waals surface area contributed by atoms with E-state index in [0.717, 1.165) is 0 Å². The van der Waals surface area contributed by atoms with Crippen LogP contribution in [-0.2, 0) is 20.8 Å². The minimum Gasteiger partial charge on any atom is -0.535 e. The second-order valence-corrected chi connectivity index (χ2v) is 7.12. The van der Waals surface area contributed by atoms with Gasteiger partial charge in [0.25, 0.3) is 0 Å². The lowest BCUT2D eigenvalue weighted by molar-refractivity contribution is -0.140. The lowest BCUT2D eigenvalue weighted by Gasteiger charge is -2.39. The lowest BCUT2D eigenvalue weighted by Crippen LogP contribution is -2.58. The monoisotopic (exact) mass is 419 g/mol. The van der Waals surface area contributed by atoms with Gasteiger partial charge in [0.15, 0.2) is 0 Å². The van der Waals surface area contributed by atoms with Gasteiger partial charge in [-0.3, -0.25) is 14.4 Å². The van der Waals surface area contributed by atoms with E-state index in [1.165, 1.54) is 4.90 Å². The Hall–Kier alpha value is -3.28. The summed E-state index contributed by atoms with van der Waals surface area (Å²) >= 11 is 0. The molecule has 5 N–H and O–H groups in total. The summed E-state index contributed by atoms with van der Waals surface area (Å²) in [7, 11) is -1.07. The third-order valence-electron chi connectivity index (χ3n) is 4.86. The number of carbonyl (C=O) groups is 4. The van der Waals surface area contributed by atoms with E-state index >= 15 is 0 Å². The number of carboxylic acids is 1. The van der Waals surface area contributed by atoms with Crippen molar-refractivity contribution in [2.45, 2.75) is 31.7 Å². The second-order valence-electron chi connectivity index (χ2n) is 7.12. The van der Waals surface area contributed by atoms with Gasteiger partial charge in [0.05, 0.1) is 19.6 Å². The molecule has 0 bridgehead atoms. The van der Waals surface area contributed by atoms with Gasteiger partial charge in [-0.05, 0) is 24.4 Å². The van der Waals surface area contributed by atoms with Gasteiger partial charge >= 0.3 is 13.1 Å². The first-order valence-corrected chi connectivity index (χ1v) is 9.48. The highest BCUT2D eigenvalue weighted by Crippen LogP contribution is 2.37. The summed E-state index contributed by atoms with van der Waals surface area (Å²) in [6, 6.07) is 3.25. The molecule has 2 aliphatic rings. The molecule has 30 heavy (non-hydrogen) atoms. The van der Waals surface area contributed by atoms with E-state index in [1.807, 2.05) is 0 Å². The number of nitrogens with zero attached hydrogens (tertiary/aromatic N) is 1. The molecule has 0 atom stereocenters. The molecule has 0 radical (unpaired) electrons. The molecule has 0 saturated carbocycles. The standard InChI is InChI=1S/C18H22BN3O8/c20-13(23)3-4-14(24)21-7-15(25)22-8-11(9-22)29-12-2-1-10-5-6-19(28)30-17(10)16(12)18(26)27/h1-2,11,28H,3-9H2,(H2,20,23)(H,21,24)(H,26,27). The number of amides is 3. The van der Waals surface area contributed by atoms with E-state index in [9.17, 15) is 29.3 Å². The number of aromatic carboxylic acids is 1. The summed E-state index contributed by atoms with van der Waals surface area (Å²) < 4.78 is 11.0. The molecule has 0 aliphatic carbocycles. The first kappa shape index (κ1) is 21.4. The SMILES string of the molecule is NC(=O)CCC(=O)NCC(=O)N1CC(Oc2ccc3c(c2C(=O)O)OB(O)CC3)C1. The van der Waals surface area contributed by atoms with Gasteiger partial charge in [0.1, 0.15) is 23.2 Å². The summed E-state index contributed by atoms with van der Waals surface area (Å²) in [4.78, 5) is 47.5. The van der Waals surface area contributed by atoms with Crippen molar-refractivity contribution in [3.8, 4) is 11.5 Å². The number of carbonyl (C=O) groups excluding carboxylic acids is 3. The van der Waals surface area contributed by atoms with Crippen molar-refractivity contribution in [1.82, 2.24) is 10.2 Å². The first-order chi connectivity index (χ1) is 14.2. The molecule has 12 heteroatoms. The van der Waals surface area contributed by atoms with Crippen LogP contribution in [0.25, 0.3) is 0 Å². The van der Waals surface area contributed by atoms with E-state index < -0.39 is 31.0 Å². The second kappa shape index (κ2) is 9.03. The largest absolute Gasteiger partial charge is 0.535 e. The zero-order valence-electron chi connectivity index (χ0n) is 16.1. The maximum absolute atomic E-state index is 12.1. The highest BCUT2D eigenvalue weighted by Gasteiger charge is 2.35. The minimum absolute atomic E-state index is 0.0819. The summed E-state index contributed by atoms with van der Waals surface area (Å²) in [5, 5.41) is 21.7. The molecule has 2 aliphatic heterocycles. The van der Waals surface area contributed by atoms with E-state index in [-0.39, 0.29) is 55.4 Å². The van der Waals surface area contributed by atoms with Crippen LogP contribution in [0.5, 0.6) is 11.5 Å². The number of carboxylic acid groups (broad SMARTS) is 1. The zero-order chi connectivity index (χ0) is 21.8. The predicted molar refractivity (Wildman–Crippen MR) is 103 cm³/mol. The van der Waals surface area contributed by atoms with Crippen molar-refractivity contribution in [3.05, 3.63) is 23.3 Å². The van der Waals surface area contributed by atoms with Crippen molar-refractivity contribution in [2.75, 3.05) is 19.6 Å². The quantitative estimate of drug-likeness (QED) is 0.380. The van der Waals surface area contributed by atoms with Gasteiger partial charge in [-0.1, -0.05) is 6.07 Å². The van der Waals surface area contributed by atoms with Gasteiger partial charge in [0, 0.05) is 12.8 Å². The van der Waals surface area contributed by atoms with Crippen LogP contribution in [0.15, 0.2) is 12.1 Å². The Kier molecular flexibility index (Phi) is 6.45. The Balaban J connectivity index is 1.53. The van der Waals surface area contributed by atoms with E-state index in [0.29, 0.717) is 18.3 Å². The van der Waals surface area contributed by atoms with Crippen molar-refractivity contribution >= 4 is 30.8 Å². The number of fused-ring (bicyclic) bond motifs is 1. The van der Waals surface area contributed by atoms with Crippen molar-refractivity contribution in [1.29, 1.82) is 0 Å². The Bertz CT molecular complexity index is 871. The van der Waals surface area contributed by atoms with Crippen LogP contribution in [0.4, 0.5) is 0 Å². The zero-order valence-corrected chi connectivity index (χ0v) is 16.1. The number of benzene rings is 1. The molecule has 3 amide bonds. The number of likely N-dealkylation sites (tertiary alicyclic amines) is 1. The highest BCUT2D eigenvalue weighted by molar-refractivity contribution is 6.44. The first-order valence-electron chi connectivity index (χ1n) is 9.48.